The van der Waals surface area contributed by atoms with Crippen LogP contribution in [-0.4, -0.2) is 11.0 Å². The summed E-state index contributed by atoms with van der Waals surface area (Å²) in [6, 6.07) is 23.7. The Balaban J connectivity index is 1.83. The molecule has 0 aliphatic rings. The van der Waals surface area contributed by atoms with Crippen LogP contribution in [0.1, 0.15) is 40.2 Å². The number of aromatic hydroxyl groups is 1. The number of aryl methyl sites for hydroxylation is 1. The number of phenols is 1. The van der Waals surface area contributed by atoms with Crippen LogP contribution in [0.2, 0.25) is 0 Å². The van der Waals surface area contributed by atoms with Crippen molar-refractivity contribution >= 4 is 5.91 Å². The van der Waals surface area contributed by atoms with Crippen molar-refractivity contribution in [3.05, 3.63) is 101 Å². The second-order valence-electron chi connectivity index (χ2n) is 6.88. The average molecular weight is 359 g/mol. The number of nitrogens with one attached hydrogen (secondary N) is 1. The molecule has 138 valence electrons. The lowest BCUT2D eigenvalue weighted by molar-refractivity contribution is -0.121. The second-order valence-corrected chi connectivity index (χ2v) is 6.88. The SMILES string of the molecule is Cc1ccc(C(CC(=O)NCc2ccccc2)c2ccccc2)c(O)c1C. The van der Waals surface area contributed by atoms with Crippen molar-refractivity contribution in [2.45, 2.75) is 32.7 Å². The number of hydrogen-bond donors (Lipinski definition) is 2. The minimum Gasteiger partial charge on any atom is -0.507 e. The van der Waals surface area contributed by atoms with Gasteiger partial charge in [-0.05, 0) is 36.1 Å². The predicted octanol–water partition coefficient (Wildman–Crippen LogP) is 4.85. The predicted molar refractivity (Wildman–Crippen MR) is 109 cm³/mol. The van der Waals surface area contributed by atoms with Gasteiger partial charge in [0, 0.05) is 24.4 Å². The topological polar surface area (TPSA) is 49.3 Å². The first-order chi connectivity index (χ1) is 13.1. The van der Waals surface area contributed by atoms with Gasteiger partial charge < -0.3 is 10.4 Å². The fourth-order valence-electron chi connectivity index (χ4n) is 3.25. The number of phenolic OH excluding ortho intramolecular Hbond substituents is 1. The zero-order valence-corrected chi connectivity index (χ0v) is 15.8. The standard InChI is InChI=1S/C24H25NO2/c1-17-13-14-21(24(27)18(17)2)22(20-11-7-4-8-12-20)15-23(26)25-16-19-9-5-3-6-10-19/h3-14,22,27H,15-16H2,1-2H3,(H,25,26). The largest absolute Gasteiger partial charge is 0.507 e. The van der Waals surface area contributed by atoms with Gasteiger partial charge in [-0.25, -0.2) is 0 Å². The molecule has 3 aromatic carbocycles. The molecule has 0 aliphatic heterocycles. The Kier molecular flexibility index (Phi) is 5.92. The molecule has 3 heteroatoms. The first kappa shape index (κ1) is 18.7. The zero-order chi connectivity index (χ0) is 19.2. The normalized spacial score (nSPS) is 11.8. The summed E-state index contributed by atoms with van der Waals surface area (Å²) < 4.78 is 0. The van der Waals surface area contributed by atoms with Crippen LogP contribution in [-0.2, 0) is 11.3 Å². The Morgan fingerprint density at radius 1 is 0.926 bits per heavy atom. The summed E-state index contributed by atoms with van der Waals surface area (Å²) in [7, 11) is 0. The third kappa shape index (κ3) is 4.56. The molecule has 0 aliphatic carbocycles. The Labute approximate surface area is 160 Å². The van der Waals surface area contributed by atoms with Crippen LogP contribution in [0.3, 0.4) is 0 Å². The molecule has 0 saturated heterocycles. The Morgan fingerprint density at radius 3 is 2.22 bits per heavy atom. The Bertz CT molecular complexity index is 904. The Hall–Kier alpha value is -3.07. The summed E-state index contributed by atoms with van der Waals surface area (Å²) in [4.78, 5) is 12.6. The van der Waals surface area contributed by atoms with Gasteiger partial charge >= 0.3 is 0 Å². The van der Waals surface area contributed by atoms with Gasteiger partial charge in [0.05, 0.1) is 0 Å². The van der Waals surface area contributed by atoms with Crippen molar-refractivity contribution in [3.8, 4) is 5.75 Å². The number of benzene rings is 3. The Morgan fingerprint density at radius 2 is 1.56 bits per heavy atom. The number of hydrogen-bond acceptors (Lipinski definition) is 2. The first-order valence-corrected chi connectivity index (χ1v) is 9.21. The molecule has 1 unspecified atom stereocenters. The van der Waals surface area contributed by atoms with Crippen LogP contribution >= 0.6 is 0 Å². The van der Waals surface area contributed by atoms with Crippen molar-refractivity contribution in [2.24, 2.45) is 0 Å². The van der Waals surface area contributed by atoms with E-state index in [0.29, 0.717) is 6.54 Å². The van der Waals surface area contributed by atoms with Crippen molar-refractivity contribution in [1.82, 2.24) is 5.32 Å². The van der Waals surface area contributed by atoms with Crippen LogP contribution < -0.4 is 5.32 Å². The molecule has 0 saturated carbocycles. The molecule has 0 bridgehead atoms. The van der Waals surface area contributed by atoms with Gasteiger partial charge in [0.1, 0.15) is 5.75 Å². The van der Waals surface area contributed by atoms with Crippen molar-refractivity contribution < 1.29 is 9.90 Å². The van der Waals surface area contributed by atoms with E-state index in [0.717, 1.165) is 27.8 Å². The van der Waals surface area contributed by atoms with Crippen molar-refractivity contribution in [2.75, 3.05) is 0 Å². The average Bonchev–Trinajstić information content (AvgIpc) is 2.71. The minimum absolute atomic E-state index is 0.0367. The van der Waals surface area contributed by atoms with E-state index in [4.69, 9.17) is 0 Å². The van der Waals surface area contributed by atoms with Gasteiger partial charge in [-0.3, -0.25) is 4.79 Å². The number of carbonyl (C=O) groups is 1. The fraction of sp³-hybridized carbons (Fsp3) is 0.208. The maximum absolute atomic E-state index is 12.6. The molecule has 0 heterocycles. The highest BCUT2D eigenvalue weighted by molar-refractivity contribution is 5.78. The van der Waals surface area contributed by atoms with E-state index in [2.05, 4.69) is 5.32 Å². The summed E-state index contributed by atoms with van der Waals surface area (Å²) in [5.74, 6) is 0.0475. The molecule has 3 nitrogen and oxygen atoms in total. The highest BCUT2D eigenvalue weighted by atomic mass is 16.3. The molecule has 0 aromatic heterocycles. The number of rotatable bonds is 6. The van der Waals surface area contributed by atoms with E-state index >= 15 is 0 Å². The van der Waals surface area contributed by atoms with E-state index in [-0.39, 0.29) is 24.0 Å². The lowest BCUT2D eigenvalue weighted by atomic mass is 9.86. The van der Waals surface area contributed by atoms with E-state index in [9.17, 15) is 9.90 Å². The second kappa shape index (κ2) is 8.54. The summed E-state index contributed by atoms with van der Waals surface area (Å²) in [6.07, 6.45) is 0.285. The number of carbonyl (C=O) groups excluding carboxylic acids is 1. The quantitative estimate of drug-likeness (QED) is 0.661. The van der Waals surface area contributed by atoms with Gasteiger partial charge in [0.25, 0.3) is 0 Å². The van der Waals surface area contributed by atoms with Crippen LogP contribution in [0.25, 0.3) is 0 Å². The molecule has 3 aromatic rings. The molecule has 1 amide bonds. The molecule has 3 rings (SSSR count). The van der Waals surface area contributed by atoms with Crippen LogP contribution in [0.15, 0.2) is 72.8 Å². The van der Waals surface area contributed by atoms with Crippen LogP contribution in [0.5, 0.6) is 5.75 Å². The van der Waals surface area contributed by atoms with E-state index in [1.54, 1.807) is 0 Å². The van der Waals surface area contributed by atoms with E-state index in [1.165, 1.54) is 0 Å². The summed E-state index contributed by atoms with van der Waals surface area (Å²) in [5, 5.41) is 13.7. The first-order valence-electron chi connectivity index (χ1n) is 9.21. The lowest BCUT2D eigenvalue weighted by Gasteiger charge is -2.20. The van der Waals surface area contributed by atoms with E-state index in [1.807, 2.05) is 86.6 Å². The molecular formula is C24H25NO2. The fourth-order valence-corrected chi connectivity index (χ4v) is 3.25. The lowest BCUT2D eigenvalue weighted by Crippen LogP contribution is -2.25. The maximum Gasteiger partial charge on any atom is 0.221 e. The van der Waals surface area contributed by atoms with Crippen molar-refractivity contribution in [3.63, 3.8) is 0 Å². The molecular weight excluding hydrogens is 334 g/mol. The maximum atomic E-state index is 12.6. The molecule has 0 radical (unpaired) electrons. The van der Waals surface area contributed by atoms with Gasteiger partial charge in [-0.15, -0.1) is 0 Å². The summed E-state index contributed by atoms with van der Waals surface area (Å²) in [6.45, 7) is 4.38. The highest BCUT2D eigenvalue weighted by Crippen LogP contribution is 2.36. The van der Waals surface area contributed by atoms with Gasteiger partial charge in [-0.1, -0.05) is 72.8 Å². The molecule has 2 N–H and O–H groups in total. The van der Waals surface area contributed by atoms with E-state index < -0.39 is 0 Å². The van der Waals surface area contributed by atoms with Gasteiger partial charge in [0.15, 0.2) is 0 Å². The third-order valence-corrected chi connectivity index (χ3v) is 5.03. The van der Waals surface area contributed by atoms with Crippen molar-refractivity contribution in [1.29, 1.82) is 0 Å². The molecule has 1 atom stereocenters. The molecule has 27 heavy (non-hydrogen) atoms. The smallest absolute Gasteiger partial charge is 0.221 e. The minimum atomic E-state index is -0.193. The summed E-state index contributed by atoms with van der Waals surface area (Å²) >= 11 is 0. The third-order valence-electron chi connectivity index (χ3n) is 5.03. The highest BCUT2D eigenvalue weighted by Gasteiger charge is 2.22. The van der Waals surface area contributed by atoms with Crippen LogP contribution in [0, 0.1) is 13.8 Å². The molecule has 0 fully saturated rings. The van der Waals surface area contributed by atoms with Crippen LogP contribution in [0.4, 0.5) is 0 Å². The van der Waals surface area contributed by atoms with Gasteiger partial charge in [-0.2, -0.15) is 0 Å². The number of amides is 1. The monoisotopic (exact) mass is 359 g/mol. The zero-order valence-electron chi connectivity index (χ0n) is 15.8. The van der Waals surface area contributed by atoms with Gasteiger partial charge in [0.2, 0.25) is 5.91 Å². The molecule has 0 spiro atoms. The summed E-state index contributed by atoms with van der Waals surface area (Å²) in [5.41, 5.74) is 4.77.